The molecule has 4 N–H and O–H groups in total. The fraction of sp³-hybridized carbons (Fsp3) is 0. The molecule has 0 saturated heterocycles. The molecular formula is C4H5N5O. The number of rotatable bonds is 1. The Balaban J connectivity index is 3.27. The zero-order valence-corrected chi connectivity index (χ0v) is 4.98. The highest BCUT2D eigenvalue weighted by Gasteiger charge is 2.03. The molecule has 0 saturated carbocycles. The van der Waals surface area contributed by atoms with Crippen LogP contribution in [0.2, 0.25) is 0 Å². The summed E-state index contributed by atoms with van der Waals surface area (Å²) in [6.07, 6.45) is 0.473. The van der Waals surface area contributed by atoms with Crippen molar-refractivity contribution in [3.05, 3.63) is 5.69 Å². The van der Waals surface area contributed by atoms with Gasteiger partial charge in [-0.15, -0.1) is 10.2 Å². The summed E-state index contributed by atoms with van der Waals surface area (Å²) in [5.41, 5.74) is 10.6. The maximum absolute atomic E-state index is 10.1. The first-order valence-corrected chi connectivity index (χ1v) is 2.45. The van der Waals surface area contributed by atoms with Gasteiger partial charge in [0.25, 0.3) is 0 Å². The first-order valence-electron chi connectivity index (χ1n) is 2.45. The van der Waals surface area contributed by atoms with Crippen LogP contribution in [0.1, 0.15) is 10.5 Å². The number of nitrogen functional groups attached to an aromatic ring is 2. The van der Waals surface area contributed by atoms with E-state index in [2.05, 4.69) is 15.4 Å². The maximum Gasteiger partial charge on any atom is 0.173 e. The van der Waals surface area contributed by atoms with Crippen LogP contribution in [0.5, 0.6) is 0 Å². The molecule has 1 aromatic heterocycles. The van der Waals surface area contributed by atoms with E-state index in [0.29, 0.717) is 6.29 Å². The van der Waals surface area contributed by atoms with Gasteiger partial charge in [0.15, 0.2) is 17.8 Å². The summed E-state index contributed by atoms with van der Waals surface area (Å²) in [4.78, 5) is 10.1. The summed E-state index contributed by atoms with van der Waals surface area (Å²) in [7, 11) is 0. The van der Waals surface area contributed by atoms with E-state index < -0.39 is 0 Å². The molecule has 0 bridgehead atoms. The van der Waals surface area contributed by atoms with Gasteiger partial charge in [-0.05, 0) is 5.21 Å². The number of hydrogen-bond acceptors (Lipinski definition) is 6. The van der Waals surface area contributed by atoms with E-state index in [1.165, 1.54) is 0 Å². The molecule has 0 amide bonds. The Kier molecular flexibility index (Phi) is 1.44. The Hall–Kier alpha value is -1.72. The molecule has 0 aliphatic carbocycles. The number of nitrogens with zero attached hydrogens (tertiary/aromatic N) is 3. The molecule has 1 heterocycles. The summed E-state index contributed by atoms with van der Waals surface area (Å²) in [5, 5.41) is 9.82. The molecule has 52 valence electrons. The smallest absolute Gasteiger partial charge is 0.173 e. The molecule has 0 aliphatic rings. The van der Waals surface area contributed by atoms with Crippen LogP contribution in [0.3, 0.4) is 0 Å². The van der Waals surface area contributed by atoms with Gasteiger partial charge in [-0.1, -0.05) is 0 Å². The van der Waals surface area contributed by atoms with Crippen LogP contribution in [0, 0.1) is 0 Å². The topological polar surface area (TPSA) is 108 Å². The van der Waals surface area contributed by atoms with Crippen LogP contribution in [-0.2, 0) is 0 Å². The second-order valence-corrected chi connectivity index (χ2v) is 1.59. The number of aldehydes is 1. The second-order valence-electron chi connectivity index (χ2n) is 1.59. The Morgan fingerprint density at radius 1 is 1.30 bits per heavy atom. The normalized spacial score (nSPS) is 9.20. The van der Waals surface area contributed by atoms with Gasteiger partial charge in [0.05, 0.1) is 0 Å². The number of carbonyl (C=O) groups excluding carboxylic acids is 1. The first-order chi connectivity index (χ1) is 4.75. The fourth-order valence-electron chi connectivity index (χ4n) is 0.445. The number of aromatic nitrogens is 3. The minimum absolute atomic E-state index is 0.0208. The van der Waals surface area contributed by atoms with Crippen molar-refractivity contribution in [2.24, 2.45) is 0 Å². The Labute approximate surface area is 56.2 Å². The lowest BCUT2D eigenvalue weighted by atomic mass is 10.4. The molecule has 0 unspecified atom stereocenters. The number of carbonyl (C=O) groups is 1. The van der Waals surface area contributed by atoms with E-state index in [1.807, 2.05) is 0 Å². The zero-order valence-electron chi connectivity index (χ0n) is 4.98. The summed E-state index contributed by atoms with van der Waals surface area (Å²) in [6, 6.07) is 0. The SMILES string of the molecule is Nc1nnnc(C=O)c1N. The monoisotopic (exact) mass is 139 g/mol. The molecule has 0 radical (unpaired) electrons. The van der Waals surface area contributed by atoms with Gasteiger partial charge in [0.2, 0.25) is 0 Å². The molecular weight excluding hydrogens is 134 g/mol. The van der Waals surface area contributed by atoms with Crippen LogP contribution in [0.25, 0.3) is 0 Å². The van der Waals surface area contributed by atoms with Crippen molar-refractivity contribution in [3.63, 3.8) is 0 Å². The summed E-state index contributed by atoms with van der Waals surface area (Å²) >= 11 is 0. The summed E-state index contributed by atoms with van der Waals surface area (Å²) < 4.78 is 0. The third kappa shape index (κ3) is 0.859. The van der Waals surface area contributed by atoms with Crippen molar-refractivity contribution in [2.45, 2.75) is 0 Å². The van der Waals surface area contributed by atoms with Gasteiger partial charge in [0.1, 0.15) is 5.69 Å². The zero-order chi connectivity index (χ0) is 7.56. The van der Waals surface area contributed by atoms with Crippen molar-refractivity contribution in [2.75, 3.05) is 11.5 Å². The minimum Gasteiger partial charge on any atom is -0.394 e. The molecule has 0 aliphatic heterocycles. The van der Waals surface area contributed by atoms with E-state index in [4.69, 9.17) is 11.5 Å². The van der Waals surface area contributed by atoms with E-state index in [-0.39, 0.29) is 17.2 Å². The van der Waals surface area contributed by atoms with Crippen molar-refractivity contribution in [3.8, 4) is 0 Å². The lowest BCUT2D eigenvalue weighted by Crippen LogP contribution is -2.06. The number of nitrogens with two attached hydrogens (primary N) is 2. The van der Waals surface area contributed by atoms with Crippen LogP contribution in [0.4, 0.5) is 11.5 Å². The van der Waals surface area contributed by atoms with E-state index in [0.717, 1.165) is 0 Å². The molecule has 0 fully saturated rings. The number of hydrogen-bond donors (Lipinski definition) is 2. The van der Waals surface area contributed by atoms with Gasteiger partial charge < -0.3 is 11.5 Å². The lowest BCUT2D eigenvalue weighted by Gasteiger charge is -1.95. The first kappa shape index (κ1) is 6.40. The lowest BCUT2D eigenvalue weighted by molar-refractivity contribution is 0.111. The third-order valence-electron chi connectivity index (χ3n) is 0.968. The van der Waals surface area contributed by atoms with Crippen LogP contribution < -0.4 is 11.5 Å². The largest absolute Gasteiger partial charge is 0.394 e. The average Bonchev–Trinajstić information content (AvgIpc) is 1.95. The van der Waals surface area contributed by atoms with Gasteiger partial charge in [-0.3, -0.25) is 4.79 Å². The standard InChI is InChI=1S/C4H5N5O/c5-3-2(1-10)7-9-8-4(3)6/h1H,(H2,5,9)(H2,6,7,8). The van der Waals surface area contributed by atoms with Crippen molar-refractivity contribution >= 4 is 17.8 Å². The number of anilines is 2. The van der Waals surface area contributed by atoms with Crippen LogP contribution in [0.15, 0.2) is 0 Å². The predicted octanol–water partition coefficient (Wildman–Crippen LogP) is -1.15. The second kappa shape index (κ2) is 2.26. The molecule has 0 atom stereocenters. The minimum atomic E-state index is 0.0208. The molecule has 6 heteroatoms. The molecule has 1 rings (SSSR count). The van der Waals surface area contributed by atoms with Crippen molar-refractivity contribution in [1.82, 2.24) is 15.4 Å². The predicted molar refractivity (Wildman–Crippen MR) is 34.0 cm³/mol. The van der Waals surface area contributed by atoms with Crippen molar-refractivity contribution in [1.29, 1.82) is 0 Å². The van der Waals surface area contributed by atoms with Crippen LogP contribution >= 0.6 is 0 Å². The van der Waals surface area contributed by atoms with E-state index >= 15 is 0 Å². The Morgan fingerprint density at radius 2 is 2.00 bits per heavy atom. The highest BCUT2D eigenvalue weighted by molar-refractivity contribution is 5.83. The summed E-state index contributed by atoms with van der Waals surface area (Å²) in [5.74, 6) is 0.0251. The van der Waals surface area contributed by atoms with E-state index in [9.17, 15) is 4.79 Å². The Bertz CT molecular complexity index is 260. The van der Waals surface area contributed by atoms with Gasteiger partial charge in [0, 0.05) is 0 Å². The molecule has 6 nitrogen and oxygen atoms in total. The van der Waals surface area contributed by atoms with E-state index in [1.54, 1.807) is 0 Å². The van der Waals surface area contributed by atoms with Gasteiger partial charge in [-0.25, -0.2) is 0 Å². The van der Waals surface area contributed by atoms with Crippen molar-refractivity contribution < 1.29 is 4.79 Å². The van der Waals surface area contributed by atoms with Gasteiger partial charge in [-0.2, -0.15) is 0 Å². The molecule has 0 aromatic carbocycles. The molecule has 0 spiro atoms. The van der Waals surface area contributed by atoms with Crippen LogP contribution in [-0.4, -0.2) is 21.7 Å². The average molecular weight is 139 g/mol. The summed E-state index contributed by atoms with van der Waals surface area (Å²) in [6.45, 7) is 0. The van der Waals surface area contributed by atoms with Gasteiger partial charge >= 0.3 is 0 Å². The quantitative estimate of drug-likeness (QED) is 0.475. The molecule has 10 heavy (non-hydrogen) atoms. The third-order valence-corrected chi connectivity index (χ3v) is 0.968. The molecule has 1 aromatic rings. The maximum atomic E-state index is 10.1. The highest BCUT2D eigenvalue weighted by Crippen LogP contribution is 2.09. The fourth-order valence-corrected chi connectivity index (χ4v) is 0.445. The highest BCUT2D eigenvalue weighted by atomic mass is 16.1. The Morgan fingerprint density at radius 3 is 2.50 bits per heavy atom.